The van der Waals surface area contributed by atoms with E-state index in [1.165, 1.54) is 47.1 Å². The summed E-state index contributed by atoms with van der Waals surface area (Å²) in [5, 5.41) is 0. The van der Waals surface area contributed by atoms with Crippen LogP contribution in [-0.4, -0.2) is 25.0 Å². The minimum atomic E-state index is 0.624. The normalized spacial score (nSPS) is 25.0. The fraction of sp³-hybridized carbons (Fsp3) is 0.444. The lowest BCUT2D eigenvalue weighted by molar-refractivity contribution is 0.197. The van der Waals surface area contributed by atoms with Gasteiger partial charge < -0.3 is 4.90 Å². The van der Waals surface area contributed by atoms with E-state index in [1.54, 1.807) is 0 Å². The Kier molecular flexibility index (Phi) is 4.13. The molecule has 1 fully saturated rings. The van der Waals surface area contributed by atoms with Gasteiger partial charge in [0.05, 0.1) is 0 Å². The Bertz CT molecular complexity index is 538. The number of allylic oxidation sites excluding steroid dienone is 2. The number of fused-ring (bicyclic) bond motifs is 1. The molecular weight excluding hydrogens is 310 g/mol. The van der Waals surface area contributed by atoms with E-state index in [2.05, 4.69) is 64.8 Å². The molecule has 1 heterocycles. The summed E-state index contributed by atoms with van der Waals surface area (Å²) in [5.74, 6) is 1.41. The quantitative estimate of drug-likeness (QED) is 0.713. The molecular formula is C18H22BrN. The van der Waals surface area contributed by atoms with Crippen LogP contribution in [-0.2, 0) is 0 Å². The maximum absolute atomic E-state index is 4.27. The van der Waals surface area contributed by atoms with Crippen molar-refractivity contribution in [2.45, 2.75) is 25.2 Å². The number of halogens is 1. The minimum Gasteiger partial charge on any atom is -0.306 e. The van der Waals surface area contributed by atoms with Crippen molar-refractivity contribution in [2.24, 2.45) is 5.92 Å². The van der Waals surface area contributed by atoms with Crippen molar-refractivity contribution >= 4 is 22.0 Å². The van der Waals surface area contributed by atoms with E-state index in [-0.39, 0.29) is 0 Å². The predicted octanol–water partition coefficient (Wildman–Crippen LogP) is 4.81. The molecule has 0 spiro atoms. The molecule has 2 heteroatoms. The summed E-state index contributed by atoms with van der Waals surface area (Å²) in [6.07, 6.45) is 5.94. The summed E-state index contributed by atoms with van der Waals surface area (Å²) in [4.78, 5) is 2.45. The van der Waals surface area contributed by atoms with Gasteiger partial charge in [-0.05, 0) is 74.0 Å². The van der Waals surface area contributed by atoms with Crippen LogP contribution in [0.15, 0.2) is 40.9 Å². The number of piperidine rings is 1. The molecule has 0 aromatic heterocycles. The van der Waals surface area contributed by atoms with Crippen LogP contribution in [0.25, 0.3) is 6.08 Å². The molecule has 3 rings (SSSR count). The van der Waals surface area contributed by atoms with Gasteiger partial charge in [-0.25, -0.2) is 0 Å². The Balaban J connectivity index is 1.94. The van der Waals surface area contributed by atoms with Gasteiger partial charge in [0, 0.05) is 4.48 Å². The van der Waals surface area contributed by atoms with Crippen molar-refractivity contribution < 1.29 is 0 Å². The number of nitrogens with zero attached hydrogens (tertiary/aromatic N) is 1. The summed E-state index contributed by atoms with van der Waals surface area (Å²) in [6.45, 7) is 6.73. The first-order chi connectivity index (χ1) is 9.65. The van der Waals surface area contributed by atoms with Gasteiger partial charge in [0.15, 0.2) is 0 Å². The zero-order chi connectivity index (χ0) is 14.1. The van der Waals surface area contributed by atoms with Crippen LogP contribution in [0.2, 0.25) is 0 Å². The molecule has 1 saturated heterocycles. The first-order valence-corrected chi connectivity index (χ1v) is 8.27. The largest absolute Gasteiger partial charge is 0.306 e. The van der Waals surface area contributed by atoms with E-state index in [0.29, 0.717) is 5.92 Å². The second-order valence-electron chi connectivity index (χ2n) is 6.18. The van der Waals surface area contributed by atoms with Gasteiger partial charge in [-0.3, -0.25) is 0 Å². The second kappa shape index (κ2) is 5.87. The van der Waals surface area contributed by atoms with Crippen molar-refractivity contribution in [2.75, 3.05) is 20.1 Å². The third-order valence-corrected chi connectivity index (χ3v) is 5.60. The molecule has 0 bridgehead atoms. The van der Waals surface area contributed by atoms with Crippen molar-refractivity contribution in [3.8, 4) is 0 Å². The molecule has 1 atom stereocenters. The topological polar surface area (TPSA) is 3.24 Å². The molecule has 0 saturated carbocycles. The molecule has 0 radical (unpaired) electrons. The van der Waals surface area contributed by atoms with E-state index in [1.807, 2.05) is 0 Å². The lowest BCUT2D eigenvalue weighted by atomic mass is 9.76. The number of hydrogen-bond acceptors (Lipinski definition) is 1. The lowest BCUT2D eigenvalue weighted by Crippen LogP contribution is -2.32. The summed E-state index contributed by atoms with van der Waals surface area (Å²) in [5.41, 5.74) is 4.12. The summed E-state index contributed by atoms with van der Waals surface area (Å²) < 4.78 is 1.17. The summed E-state index contributed by atoms with van der Waals surface area (Å²) in [7, 11) is 2.23. The average molecular weight is 332 g/mol. The SMILES string of the molecule is C=C1CC(C2CCN(C)CC2)c2ccccc2C=C1Br. The first kappa shape index (κ1) is 14.1. The van der Waals surface area contributed by atoms with Crippen molar-refractivity contribution in [1.82, 2.24) is 4.90 Å². The molecule has 1 aromatic rings. The number of benzene rings is 1. The number of hydrogen-bond donors (Lipinski definition) is 0. The van der Waals surface area contributed by atoms with E-state index in [9.17, 15) is 0 Å². The van der Waals surface area contributed by atoms with Crippen LogP contribution in [0.5, 0.6) is 0 Å². The van der Waals surface area contributed by atoms with Gasteiger partial charge in [0.2, 0.25) is 0 Å². The average Bonchev–Trinajstić information content (AvgIpc) is 2.58. The number of rotatable bonds is 1. The molecule has 0 N–H and O–H groups in total. The molecule has 2 aliphatic rings. The molecule has 1 aliphatic heterocycles. The van der Waals surface area contributed by atoms with Gasteiger partial charge in [-0.1, -0.05) is 46.8 Å². The second-order valence-corrected chi connectivity index (χ2v) is 7.03. The van der Waals surface area contributed by atoms with Crippen LogP contribution in [0.3, 0.4) is 0 Å². The Morgan fingerprint density at radius 1 is 1.20 bits per heavy atom. The van der Waals surface area contributed by atoms with Crippen LogP contribution in [0, 0.1) is 5.92 Å². The molecule has 0 amide bonds. The molecule has 1 aliphatic carbocycles. The highest BCUT2D eigenvalue weighted by atomic mass is 79.9. The highest BCUT2D eigenvalue weighted by molar-refractivity contribution is 9.12. The van der Waals surface area contributed by atoms with Crippen LogP contribution >= 0.6 is 15.9 Å². The van der Waals surface area contributed by atoms with Crippen LogP contribution in [0.1, 0.15) is 36.3 Å². The Morgan fingerprint density at radius 2 is 1.90 bits per heavy atom. The Labute approximate surface area is 130 Å². The maximum atomic E-state index is 4.27. The van der Waals surface area contributed by atoms with Crippen molar-refractivity contribution in [3.05, 3.63) is 52.0 Å². The third kappa shape index (κ3) is 2.77. The minimum absolute atomic E-state index is 0.624. The van der Waals surface area contributed by atoms with Gasteiger partial charge in [0.25, 0.3) is 0 Å². The summed E-state index contributed by atoms with van der Waals surface area (Å²) >= 11 is 3.69. The van der Waals surface area contributed by atoms with E-state index in [4.69, 9.17) is 0 Å². The van der Waals surface area contributed by atoms with Crippen LogP contribution in [0.4, 0.5) is 0 Å². The third-order valence-electron chi connectivity index (χ3n) is 4.81. The summed E-state index contributed by atoms with van der Waals surface area (Å²) in [6, 6.07) is 8.86. The maximum Gasteiger partial charge on any atom is 0.0207 e. The zero-order valence-corrected chi connectivity index (χ0v) is 13.7. The molecule has 106 valence electrons. The van der Waals surface area contributed by atoms with Crippen molar-refractivity contribution in [3.63, 3.8) is 0 Å². The molecule has 20 heavy (non-hydrogen) atoms. The standard InChI is InChI=1S/C18H22BrN/c1-13-11-17(14-7-9-20(2)10-8-14)16-6-4-3-5-15(16)12-18(13)19/h3-6,12,14,17H,1,7-11H2,2H3. The van der Waals surface area contributed by atoms with Gasteiger partial charge >= 0.3 is 0 Å². The monoisotopic (exact) mass is 331 g/mol. The highest BCUT2D eigenvalue weighted by Crippen LogP contribution is 2.43. The molecule has 1 nitrogen and oxygen atoms in total. The lowest BCUT2D eigenvalue weighted by Gasteiger charge is -2.35. The van der Waals surface area contributed by atoms with Gasteiger partial charge in [-0.15, -0.1) is 0 Å². The van der Waals surface area contributed by atoms with E-state index < -0.39 is 0 Å². The fourth-order valence-electron chi connectivity index (χ4n) is 3.54. The van der Waals surface area contributed by atoms with E-state index >= 15 is 0 Å². The fourth-order valence-corrected chi connectivity index (χ4v) is 3.95. The van der Waals surface area contributed by atoms with Gasteiger partial charge in [-0.2, -0.15) is 0 Å². The smallest absolute Gasteiger partial charge is 0.0207 e. The number of likely N-dealkylation sites (tertiary alicyclic amines) is 1. The van der Waals surface area contributed by atoms with Gasteiger partial charge in [0.1, 0.15) is 0 Å². The van der Waals surface area contributed by atoms with Crippen LogP contribution < -0.4 is 0 Å². The highest BCUT2D eigenvalue weighted by Gasteiger charge is 2.29. The Morgan fingerprint density at radius 3 is 2.65 bits per heavy atom. The molecule has 1 aromatic carbocycles. The Hall–Kier alpha value is -0.860. The van der Waals surface area contributed by atoms with Crippen molar-refractivity contribution in [1.29, 1.82) is 0 Å². The predicted molar refractivity (Wildman–Crippen MR) is 90.1 cm³/mol. The first-order valence-electron chi connectivity index (χ1n) is 7.48. The van der Waals surface area contributed by atoms with E-state index in [0.717, 1.165) is 12.3 Å². The molecule has 1 unspecified atom stereocenters. The zero-order valence-electron chi connectivity index (χ0n) is 12.1.